The van der Waals surface area contributed by atoms with Gasteiger partial charge in [-0.15, -0.1) is 0 Å². The number of morpholine rings is 1. The summed E-state index contributed by atoms with van der Waals surface area (Å²) in [6, 6.07) is 16.8. The highest BCUT2D eigenvalue weighted by molar-refractivity contribution is 5.44. The second-order valence-electron chi connectivity index (χ2n) is 9.54. The Hall–Kier alpha value is -3.48. The maximum absolute atomic E-state index is 11.9. The first-order valence-corrected chi connectivity index (χ1v) is 12.7. The van der Waals surface area contributed by atoms with Gasteiger partial charge in [-0.25, -0.2) is 4.98 Å². The fourth-order valence-corrected chi connectivity index (χ4v) is 4.50. The first-order valence-electron chi connectivity index (χ1n) is 12.7. The molecule has 3 N–H and O–H groups in total. The number of aromatic nitrogens is 2. The van der Waals surface area contributed by atoms with Crippen molar-refractivity contribution >= 4 is 0 Å². The SMILES string of the molecule is O=c1[nH]cnc(C(CNC2COC2)Cc2ccc(C#Cc3ccc(CN4CCOCC4)cc3)cc2)c1O. The summed E-state index contributed by atoms with van der Waals surface area (Å²) >= 11 is 0. The minimum absolute atomic E-state index is 0.157. The molecule has 2 aromatic carbocycles. The van der Waals surface area contributed by atoms with Crippen molar-refractivity contribution in [1.82, 2.24) is 20.2 Å². The third-order valence-corrected chi connectivity index (χ3v) is 6.79. The summed E-state index contributed by atoms with van der Waals surface area (Å²) in [4.78, 5) is 21.0. The van der Waals surface area contributed by atoms with Crippen molar-refractivity contribution < 1.29 is 14.6 Å². The second-order valence-corrected chi connectivity index (χ2v) is 9.54. The lowest BCUT2D eigenvalue weighted by atomic mass is 9.94. The first-order chi connectivity index (χ1) is 18.1. The van der Waals surface area contributed by atoms with Crippen molar-refractivity contribution in [3.05, 3.63) is 93.2 Å². The van der Waals surface area contributed by atoms with Crippen LogP contribution < -0.4 is 10.9 Å². The number of aromatic hydroxyl groups is 1. The van der Waals surface area contributed by atoms with Gasteiger partial charge in [0.25, 0.3) is 5.56 Å². The molecule has 2 saturated heterocycles. The van der Waals surface area contributed by atoms with E-state index in [-0.39, 0.29) is 17.7 Å². The Kier molecular flexibility index (Phi) is 8.28. The van der Waals surface area contributed by atoms with Gasteiger partial charge in [0.15, 0.2) is 0 Å². The van der Waals surface area contributed by atoms with Crippen LogP contribution in [0.2, 0.25) is 0 Å². The van der Waals surface area contributed by atoms with Crippen molar-refractivity contribution in [3.8, 4) is 17.6 Å². The summed E-state index contributed by atoms with van der Waals surface area (Å²) in [5, 5.41) is 13.8. The molecule has 37 heavy (non-hydrogen) atoms. The van der Waals surface area contributed by atoms with Gasteiger partial charge in [0, 0.05) is 43.2 Å². The van der Waals surface area contributed by atoms with E-state index in [2.05, 4.69) is 56.3 Å². The molecule has 0 bridgehead atoms. The van der Waals surface area contributed by atoms with E-state index >= 15 is 0 Å². The Bertz CT molecular complexity index is 1280. The zero-order chi connectivity index (χ0) is 25.5. The minimum atomic E-state index is -0.526. The van der Waals surface area contributed by atoms with Crippen molar-refractivity contribution in [2.24, 2.45) is 0 Å². The summed E-state index contributed by atoms with van der Waals surface area (Å²) in [6.45, 7) is 6.44. The molecule has 2 aliphatic heterocycles. The summed E-state index contributed by atoms with van der Waals surface area (Å²) in [5.41, 5.74) is 4.15. The molecule has 0 aliphatic carbocycles. The Morgan fingerprint density at radius 2 is 1.65 bits per heavy atom. The fourth-order valence-electron chi connectivity index (χ4n) is 4.50. The number of nitrogens with zero attached hydrogens (tertiary/aromatic N) is 2. The van der Waals surface area contributed by atoms with Gasteiger partial charge in [0.2, 0.25) is 5.75 Å². The molecule has 0 saturated carbocycles. The van der Waals surface area contributed by atoms with E-state index in [1.165, 1.54) is 11.9 Å². The second kappa shape index (κ2) is 12.2. The Balaban J connectivity index is 1.22. The number of rotatable bonds is 8. The van der Waals surface area contributed by atoms with Crippen LogP contribution in [0, 0.1) is 11.8 Å². The van der Waals surface area contributed by atoms with Gasteiger partial charge in [0.05, 0.1) is 44.5 Å². The Morgan fingerprint density at radius 1 is 1.00 bits per heavy atom. The third-order valence-electron chi connectivity index (χ3n) is 6.79. The monoisotopic (exact) mass is 500 g/mol. The van der Waals surface area contributed by atoms with E-state index in [0.29, 0.717) is 31.9 Å². The van der Waals surface area contributed by atoms with E-state index in [9.17, 15) is 9.90 Å². The molecule has 8 heteroatoms. The van der Waals surface area contributed by atoms with Crippen molar-refractivity contribution in [2.75, 3.05) is 46.1 Å². The molecule has 0 amide bonds. The molecule has 3 heterocycles. The van der Waals surface area contributed by atoms with Gasteiger partial charge in [0.1, 0.15) is 0 Å². The van der Waals surface area contributed by atoms with E-state index in [4.69, 9.17) is 9.47 Å². The molecule has 2 aliphatic rings. The molecular weight excluding hydrogens is 468 g/mol. The topological polar surface area (TPSA) is 99.7 Å². The smallest absolute Gasteiger partial charge is 0.293 e. The van der Waals surface area contributed by atoms with Gasteiger partial charge >= 0.3 is 0 Å². The number of hydrogen-bond acceptors (Lipinski definition) is 7. The van der Waals surface area contributed by atoms with Crippen LogP contribution in [0.5, 0.6) is 5.75 Å². The molecule has 1 unspecified atom stereocenters. The molecule has 0 radical (unpaired) electrons. The van der Waals surface area contributed by atoms with Crippen LogP contribution in [-0.4, -0.2) is 72.1 Å². The Labute approximate surface area is 216 Å². The van der Waals surface area contributed by atoms with Crippen molar-refractivity contribution in [2.45, 2.75) is 24.9 Å². The van der Waals surface area contributed by atoms with Gasteiger partial charge < -0.3 is 24.9 Å². The lowest BCUT2D eigenvalue weighted by Crippen LogP contribution is -2.47. The highest BCUT2D eigenvalue weighted by Gasteiger charge is 2.24. The molecule has 2 fully saturated rings. The normalized spacial score (nSPS) is 17.0. The summed E-state index contributed by atoms with van der Waals surface area (Å²) < 4.78 is 10.7. The summed E-state index contributed by atoms with van der Waals surface area (Å²) in [5.74, 6) is 6.02. The van der Waals surface area contributed by atoms with E-state index in [0.717, 1.165) is 49.5 Å². The number of hydrogen-bond donors (Lipinski definition) is 3. The summed E-state index contributed by atoms with van der Waals surface area (Å²) in [6.07, 6.45) is 1.97. The lowest BCUT2D eigenvalue weighted by Gasteiger charge is -2.29. The lowest BCUT2D eigenvalue weighted by molar-refractivity contribution is -0.00552. The predicted molar refractivity (Wildman–Crippen MR) is 141 cm³/mol. The van der Waals surface area contributed by atoms with Gasteiger partial charge in [-0.3, -0.25) is 9.69 Å². The van der Waals surface area contributed by atoms with Gasteiger partial charge in [-0.2, -0.15) is 0 Å². The molecule has 192 valence electrons. The highest BCUT2D eigenvalue weighted by Crippen LogP contribution is 2.24. The maximum Gasteiger partial charge on any atom is 0.293 e. The minimum Gasteiger partial charge on any atom is -0.502 e. The largest absolute Gasteiger partial charge is 0.502 e. The number of aromatic amines is 1. The van der Waals surface area contributed by atoms with E-state index in [1.807, 2.05) is 24.3 Å². The number of H-pyrrole nitrogens is 1. The van der Waals surface area contributed by atoms with Crippen LogP contribution in [0.4, 0.5) is 0 Å². The zero-order valence-electron chi connectivity index (χ0n) is 20.8. The van der Waals surface area contributed by atoms with Crippen LogP contribution in [0.25, 0.3) is 0 Å². The van der Waals surface area contributed by atoms with Gasteiger partial charge in [-0.1, -0.05) is 36.1 Å². The van der Waals surface area contributed by atoms with E-state index < -0.39 is 5.56 Å². The third kappa shape index (κ3) is 6.85. The molecule has 5 rings (SSSR count). The van der Waals surface area contributed by atoms with E-state index in [1.54, 1.807) is 0 Å². The first kappa shape index (κ1) is 25.2. The Morgan fingerprint density at radius 3 is 2.27 bits per heavy atom. The zero-order valence-corrected chi connectivity index (χ0v) is 20.8. The fraction of sp³-hybridized carbons (Fsp3) is 0.379. The molecular formula is C29H32N4O4. The number of benzene rings is 2. The van der Waals surface area contributed by atoms with Crippen molar-refractivity contribution in [1.29, 1.82) is 0 Å². The van der Waals surface area contributed by atoms with Crippen LogP contribution in [0.1, 0.15) is 33.9 Å². The average Bonchev–Trinajstić information content (AvgIpc) is 2.90. The molecule has 8 nitrogen and oxygen atoms in total. The van der Waals surface area contributed by atoms with Crippen LogP contribution in [0.15, 0.2) is 59.7 Å². The number of nitrogens with one attached hydrogen (secondary N) is 2. The molecule has 0 spiro atoms. The van der Waals surface area contributed by atoms with Crippen LogP contribution in [0.3, 0.4) is 0 Å². The average molecular weight is 501 g/mol. The van der Waals surface area contributed by atoms with Crippen molar-refractivity contribution in [3.63, 3.8) is 0 Å². The summed E-state index contributed by atoms with van der Waals surface area (Å²) in [7, 11) is 0. The number of ether oxygens (including phenoxy) is 2. The molecule has 1 atom stereocenters. The quantitative estimate of drug-likeness (QED) is 0.407. The standard InChI is InChI=1S/C29H32N4O4/c34-28-27(31-20-32-29(28)35)25(16-30-26-18-37-19-26)15-23-7-3-21(4-8-23)1-2-22-5-9-24(10-6-22)17-33-11-13-36-14-12-33/h3-10,20,25-26,30,34H,11-19H2,(H,31,32,35). The van der Waals surface area contributed by atoms with Gasteiger partial charge in [-0.05, 0) is 41.8 Å². The maximum atomic E-state index is 11.9. The van der Waals surface area contributed by atoms with Crippen LogP contribution >= 0.6 is 0 Å². The van der Waals surface area contributed by atoms with Crippen LogP contribution in [-0.2, 0) is 22.4 Å². The molecule has 3 aromatic rings. The molecule has 1 aromatic heterocycles. The highest BCUT2D eigenvalue weighted by atomic mass is 16.5. The predicted octanol–water partition coefficient (Wildman–Crippen LogP) is 2.02.